The highest BCUT2D eigenvalue weighted by Crippen LogP contribution is 2.38. The van der Waals surface area contributed by atoms with E-state index in [-0.39, 0.29) is 40.2 Å². The molecule has 11 N–H and O–H groups in total. The number of rotatable bonds is 15. The van der Waals surface area contributed by atoms with Crippen molar-refractivity contribution in [1.82, 2.24) is 0 Å². The molecule has 0 aromatic heterocycles. The van der Waals surface area contributed by atoms with Crippen LogP contribution >= 0.6 is 0 Å². The van der Waals surface area contributed by atoms with Crippen LogP contribution in [0.1, 0.15) is 105 Å². The smallest absolute Gasteiger partial charge is 0.255 e. The van der Waals surface area contributed by atoms with Gasteiger partial charge in [0.05, 0.1) is 17.1 Å². The van der Waals surface area contributed by atoms with Gasteiger partial charge in [-0.1, -0.05) is 47.6 Å². The standard InChI is InChI=1S/C39H56N8O4/c1-24-29(44-33(48)13-9-15-40)20-27(38(2,3)4)21-30(24)46-36(50)25-11-8-12-26(19-25)37(51)47-32-23-28(39(5,6)7)22-31(35(32)43-18-17-42)45-34(49)14-10-16-41/h8,11-12,19-23,43H,9-10,13-18,40-42H2,1-7H3,(H,44,48)(H,45,49)(H,46,50)(H,47,51). The first kappa shape index (κ1) is 40.6. The molecule has 3 rings (SSSR count). The number of anilines is 5. The third-order valence-electron chi connectivity index (χ3n) is 8.37. The van der Waals surface area contributed by atoms with Crippen LogP contribution in [0.4, 0.5) is 28.4 Å². The molecule has 0 saturated heterocycles. The highest BCUT2D eigenvalue weighted by molar-refractivity contribution is 6.11. The van der Waals surface area contributed by atoms with E-state index in [2.05, 4.69) is 47.4 Å². The predicted molar refractivity (Wildman–Crippen MR) is 209 cm³/mol. The number of hydrogen-bond donors (Lipinski definition) is 8. The molecule has 0 atom stereocenters. The first-order chi connectivity index (χ1) is 24.0. The Kier molecular flexibility index (Phi) is 14.3. The Hall–Kier alpha value is -4.78. The summed E-state index contributed by atoms with van der Waals surface area (Å²) in [6.45, 7) is 15.7. The fraction of sp³-hybridized carbons (Fsp3) is 0.436. The lowest BCUT2D eigenvalue weighted by Gasteiger charge is -2.25. The zero-order chi connectivity index (χ0) is 37.9. The normalized spacial score (nSPS) is 11.5. The Morgan fingerprint density at radius 2 is 1.00 bits per heavy atom. The van der Waals surface area contributed by atoms with Crippen LogP contribution in [0, 0.1) is 6.92 Å². The molecule has 0 fully saturated rings. The topological polar surface area (TPSA) is 206 Å². The minimum Gasteiger partial charge on any atom is -0.380 e. The van der Waals surface area contributed by atoms with Gasteiger partial charge in [0.2, 0.25) is 11.8 Å². The molecule has 0 heterocycles. The molecule has 4 amide bonds. The summed E-state index contributed by atoms with van der Waals surface area (Å²) in [6.07, 6.45) is 1.66. The Bertz CT molecular complexity index is 1720. The monoisotopic (exact) mass is 700 g/mol. The molecule has 0 saturated carbocycles. The van der Waals surface area contributed by atoms with Crippen molar-refractivity contribution in [3.63, 3.8) is 0 Å². The van der Waals surface area contributed by atoms with Crippen molar-refractivity contribution in [2.75, 3.05) is 52.8 Å². The van der Waals surface area contributed by atoms with Gasteiger partial charge >= 0.3 is 0 Å². The van der Waals surface area contributed by atoms with Crippen molar-refractivity contribution in [3.05, 3.63) is 76.3 Å². The SMILES string of the molecule is Cc1c(NC(=O)CCCN)cc(C(C)(C)C)cc1NC(=O)c1cccc(C(=O)Nc2cc(C(C)(C)C)cc(NC(=O)CCCN)c2NCCN)c1. The molecule has 0 unspecified atom stereocenters. The van der Waals surface area contributed by atoms with E-state index < -0.39 is 11.8 Å². The fourth-order valence-corrected chi connectivity index (χ4v) is 5.21. The molecule has 0 aliphatic carbocycles. The van der Waals surface area contributed by atoms with Gasteiger partial charge in [-0.3, -0.25) is 19.2 Å². The zero-order valence-corrected chi connectivity index (χ0v) is 31.1. The maximum absolute atomic E-state index is 13.8. The van der Waals surface area contributed by atoms with E-state index in [0.717, 1.165) is 11.1 Å². The van der Waals surface area contributed by atoms with Crippen LogP contribution in [-0.4, -0.2) is 49.8 Å². The fourth-order valence-electron chi connectivity index (χ4n) is 5.21. The highest BCUT2D eigenvalue weighted by Gasteiger charge is 2.23. The minimum atomic E-state index is -0.444. The lowest BCUT2D eigenvalue weighted by atomic mass is 9.85. The van der Waals surface area contributed by atoms with Gasteiger partial charge in [0.1, 0.15) is 0 Å². The van der Waals surface area contributed by atoms with Crippen LogP contribution in [0.3, 0.4) is 0 Å². The van der Waals surface area contributed by atoms with Crippen molar-refractivity contribution in [2.24, 2.45) is 17.2 Å². The van der Waals surface area contributed by atoms with Crippen LogP contribution in [0.5, 0.6) is 0 Å². The molecule has 0 aliphatic rings. The summed E-state index contributed by atoms with van der Waals surface area (Å²) in [7, 11) is 0. The van der Waals surface area contributed by atoms with Crippen molar-refractivity contribution in [3.8, 4) is 0 Å². The first-order valence-corrected chi connectivity index (χ1v) is 17.5. The average molecular weight is 701 g/mol. The van der Waals surface area contributed by atoms with Crippen molar-refractivity contribution >= 4 is 52.1 Å². The van der Waals surface area contributed by atoms with Crippen LogP contribution in [0.2, 0.25) is 0 Å². The predicted octanol–water partition coefficient (Wildman–Crippen LogP) is 5.82. The Balaban J connectivity index is 1.96. The van der Waals surface area contributed by atoms with Crippen molar-refractivity contribution in [2.45, 2.75) is 85.0 Å². The van der Waals surface area contributed by atoms with Gasteiger partial charge in [0.25, 0.3) is 11.8 Å². The van der Waals surface area contributed by atoms with E-state index >= 15 is 0 Å². The molecule has 3 aromatic carbocycles. The lowest BCUT2D eigenvalue weighted by Crippen LogP contribution is -2.22. The third kappa shape index (κ3) is 11.6. The Morgan fingerprint density at radius 3 is 1.45 bits per heavy atom. The number of nitrogens with one attached hydrogen (secondary N) is 5. The third-order valence-corrected chi connectivity index (χ3v) is 8.37. The Labute approximate surface area is 302 Å². The van der Waals surface area contributed by atoms with E-state index in [1.807, 2.05) is 52.0 Å². The van der Waals surface area contributed by atoms with E-state index in [1.165, 1.54) is 6.07 Å². The number of carbonyl (C=O) groups excluding carboxylic acids is 4. The summed E-state index contributed by atoms with van der Waals surface area (Å²) in [5.74, 6) is -1.20. The van der Waals surface area contributed by atoms with E-state index in [9.17, 15) is 19.2 Å². The van der Waals surface area contributed by atoms with Crippen LogP contribution in [-0.2, 0) is 20.4 Å². The second kappa shape index (κ2) is 17.9. The largest absolute Gasteiger partial charge is 0.380 e. The van der Waals surface area contributed by atoms with Gasteiger partial charge in [-0.25, -0.2) is 0 Å². The molecule has 276 valence electrons. The van der Waals surface area contributed by atoms with Gasteiger partial charge in [-0.05, 0) is 103 Å². The molecule has 12 nitrogen and oxygen atoms in total. The second-order valence-corrected chi connectivity index (χ2v) is 14.7. The summed E-state index contributed by atoms with van der Waals surface area (Å²) in [5.41, 5.74) is 22.1. The number of amides is 4. The summed E-state index contributed by atoms with van der Waals surface area (Å²) < 4.78 is 0. The number of carbonyl (C=O) groups is 4. The number of benzene rings is 3. The van der Waals surface area contributed by atoms with Gasteiger partial charge in [0.15, 0.2) is 0 Å². The molecule has 3 aromatic rings. The van der Waals surface area contributed by atoms with Gasteiger partial charge in [-0.15, -0.1) is 0 Å². The maximum atomic E-state index is 13.8. The maximum Gasteiger partial charge on any atom is 0.255 e. The molecule has 51 heavy (non-hydrogen) atoms. The second-order valence-electron chi connectivity index (χ2n) is 14.7. The summed E-state index contributed by atoms with van der Waals surface area (Å²) in [5, 5.41) is 15.2. The lowest BCUT2D eigenvalue weighted by molar-refractivity contribution is -0.117. The molecule has 12 heteroatoms. The summed E-state index contributed by atoms with van der Waals surface area (Å²) >= 11 is 0. The highest BCUT2D eigenvalue weighted by atomic mass is 16.2. The molecule has 0 spiro atoms. The average Bonchev–Trinajstić information content (AvgIpc) is 3.06. The number of nitrogens with two attached hydrogens (primary N) is 3. The van der Waals surface area contributed by atoms with Crippen LogP contribution in [0.25, 0.3) is 0 Å². The Morgan fingerprint density at radius 1 is 0.588 bits per heavy atom. The quantitative estimate of drug-likeness (QED) is 0.0967. The minimum absolute atomic E-state index is 0.152. The van der Waals surface area contributed by atoms with Crippen molar-refractivity contribution < 1.29 is 19.2 Å². The van der Waals surface area contributed by atoms with Gasteiger partial charge in [0, 0.05) is 48.4 Å². The summed E-state index contributed by atoms with van der Waals surface area (Å²) in [6, 6.07) is 14.0. The zero-order valence-electron chi connectivity index (χ0n) is 31.1. The van der Waals surface area contributed by atoms with Gasteiger partial charge < -0.3 is 43.8 Å². The van der Waals surface area contributed by atoms with Crippen LogP contribution in [0.15, 0.2) is 48.5 Å². The molecular weight excluding hydrogens is 644 g/mol. The molecular formula is C39H56N8O4. The van der Waals surface area contributed by atoms with E-state index in [1.54, 1.807) is 18.2 Å². The first-order valence-electron chi connectivity index (χ1n) is 17.5. The van der Waals surface area contributed by atoms with Crippen molar-refractivity contribution in [1.29, 1.82) is 0 Å². The van der Waals surface area contributed by atoms with E-state index in [4.69, 9.17) is 17.2 Å². The molecule has 0 aliphatic heterocycles. The molecule has 0 bridgehead atoms. The number of hydrogen-bond acceptors (Lipinski definition) is 8. The van der Waals surface area contributed by atoms with Crippen LogP contribution < -0.4 is 43.8 Å². The van der Waals surface area contributed by atoms with Gasteiger partial charge in [-0.2, -0.15) is 0 Å². The molecule has 0 radical (unpaired) electrons. The summed E-state index contributed by atoms with van der Waals surface area (Å²) in [4.78, 5) is 52.8. The van der Waals surface area contributed by atoms with E-state index in [0.29, 0.717) is 79.4 Å².